The predicted molar refractivity (Wildman–Crippen MR) is 81.7 cm³/mol. The van der Waals surface area contributed by atoms with Gasteiger partial charge in [-0.1, -0.05) is 17.7 Å². The number of methoxy groups -OCH3 is 1. The van der Waals surface area contributed by atoms with Gasteiger partial charge in [0.1, 0.15) is 0 Å². The van der Waals surface area contributed by atoms with Crippen LogP contribution in [0.5, 0.6) is 0 Å². The monoisotopic (exact) mass is 300 g/mol. The summed E-state index contributed by atoms with van der Waals surface area (Å²) < 4.78 is 4.55. The molecule has 0 bridgehead atoms. The zero-order valence-electron chi connectivity index (χ0n) is 11.0. The molecule has 0 aliphatic heterocycles. The summed E-state index contributed by atoms with van der Waals surface area (Å²) in [7, 11) is 1.38. The Kier molecular flexibility index (Phi) is 6.59. The van der Waals surface area contributed by atoms with Crippen LogP contribution >= 0.6 is 23.8 Å². The molecule has 0 fully saturated rings. The van der Waals surface area contributed by atoms with Crippen molar-refractivity contribution in [2.75, 3.05) is 19.0 Å². The van der Waals surface area contributed by atoms with E-state index in [9.17, 15) is 4.79 Å². The zero-order valence-corrected chi connectivity index (χ0v) is 12.5. The average Bonchev–Trinajstić information content (AvgIpc) is 2.39. The summed E-state index contributed by atoms with van der Waals surface area (Å²) in [6.45, 7) is 2.53. The highest BCUT2D eigenvalue weighted by atomic mass is 35.5. The van der Waals surface area contributed by atoms with Crippen LogP contribution in [-0.2, 0) is 9.53 Å². The van der Waals surface area contributed by atoms with E-state index in [1.54, 1.807) is 0 Å². The molecule has 0 aromatic heterocycles. The van der Waals surface area contributed by atoms with Crippen molar-refractivity contribution < 1.29 is 9.53 Å². The van der Waals surface area contributed by atoms with Gasteiger partial charge >= 0.3 is 5.97 Å². The predicted octanol–water partition coefficient (Wildman–Crippen LogP) is 2.89. The van der Waals surface area contributed by atoms with Gasteiger partial charge in [0.25, 0.3) is 0 Å². The van der Waals surface area contributed by atoms with E-state index in [2.05, 4.69) is 15.4 Å². The molecule has 0 saturated heterocycles. The Labute approximate surface area is 123 Å². The molecule has 104 valence electrons. The molecule has 0 spiro atoms. The molecule has 1 rings (SSSR count). The Hall–Kier alpha value is -1.33. The SMILES string of the molecule is COC(=O)CCCNC(=S)Nc1cccc(Cl)c1C. The molecule has 19 heavy (non-hydrogen) atoms. The maximum absolute atomic E-state index is 10.9. The second-order valence-electron chi connectivity index (χ2n) is 3.97. The first kappa shape index (κ1) is 15.7. The molecule has 6 heteroatoms. The molecule has 0 saturated carbocycles. The van der Waals surface area contributed by atoms with Gasteiger partial charge in [-0.05, 0) is 43.3 Å². The van der Waals surface area contributed by atoms with Gasteiger partial charge in [0.05, 0.1) is 7.11 Å². The van der Waals surface area contributed by atoms with E-state index in [0.717, 1.165) is 11.3 Å². The first-order chi connectivity index (χ1) is 9.04. The fourth-order valence-corrected chi connectivity index (χ4v) is 1.83. The number of nitrogens with one attached hydrogen (secondary N) is 2. The van der Waals surface area contributed by atoms with Crippen LogP contribution in [0.1, 0.15) is 18.4 Å². The van der Waals surface area contributed by atoms with Gasteiger partial charge in [-0.2, -0.15) is 0 Å². The minimum absolute atomic E-state index is 0.216. The van der Waals surface area contributed by atoms with Gasteiger partial charge in [0.15, 0.2) is 5.11 Å². The van der Waals surface area contributed by atoms with Crippen LogP contribution in [0.4, 0.5) is 5.69 Å². The van der Waals surface area contributed by atoms with E-state index in [0.29, 0.717) is 29.5 Å². The van der Waals surface area contributed by atoms with Crippen molar-refractivity contribution in [1.82, 2.24) is 5.32 Å². The van der Waals surface area contributed by atoms with E-state index in [-0.39, 0.29) is 5.97 Å². The molecule has 0 aliphatic rings. The molecular weight excluding hydrogens is 284 g/mol. The van der Waals surface area contributed by atoms with Crippen LogP contribution in [0.3, 0.4) is 0 Å². The molecular formula is C13H17ClN2O2S. The number of thiocarbonyl (C=S) groups is 1. The van der Waals surface area contributed by atoms with Crippen LogP contribution < -0.4 is 10.6 Å². The van der Waals surface area contributed by atoms with E-state index >= 15 is 0 Å². The highest BCUT2D eigenvalue weighted by Gasteiger charge is 2.04. The van der Waals surface area contributed by atoms with E-state index < -0.39 is 0 Å². The fourth-order valence-electron chi connectivity index (χ4n) is 1.45. The molecule has 1 aromatic carbocycles. The number of rotatable bonds is 5. The number of carbonyl (C=O) groups excluding carboxylic acids is 1. The summed E-state index contributed by atoms with van der Waals surface area (Å²) in [5.74, 6) is -0.216. The molecule has 0 radical (unpaired) electrons. The number of hydrogen-bond acceptors (Lipinski definition) is 3. The first-order valence-electron chi connectivity index (χ1n) is 5.91. The largest absolute Gasteiger partial charge is 0.469 e. The lowest BCUT2D eigenvalue weighted by Crippen LogP contribution is -2.29. The van der Waals surface area contributed by atoms with Crippen LogP contribution in [0.25, 0.3) is 0 Å². The van der Waals surface area contributed by atoms with Gasteiger partial charge in [-0.3, -0.25) is 4.79 Å². The van der Waals surface area contributed by atoms with Gasteiger partial charge in [-0.15, -0.1) is 0 Å². The van der Waals surface area contributed by atoms with Crippen LogP contribution in [0.2, 0.25) is 5.02 Å². The van der Waals surface area contributed by atoms with Crippen molar-refractivity contribution in [2.24, 2.45) is 0 Å². The van der Waals surface area contributed by atoms with Crippen molar-refractivity contribution in [3.05, 3.63) is 28.8 Å². The van der Waals surface area contributed by atoms with Crippen molar-refractivity contribution >= 4 is 40.6 Å². The Balaban J connectivity index is 2.35. The van der Waals surface area contributed by atoms with E-state index in [1.165, 1.54) is 7.11 Å². The molecule has 0 aliphatic carbocycles. The number of benzene rings is 1. The standard InChI is InChI=1S/C13H17ClN2O2S/c1-9-10(14)5-3-6-11(9)16-13(19)15-8-4-7-12(17)18-2/h3,5-6H,4,7-8H2,1-2H3,(H2,15,16,19). The number of ether oxygens (including phenoxy) is 1. The highest BCUT2D eigenvalue weighted by molar-refractivity contribution is 7.80. The Morgan fingerprint density at radius 3 is 2.89 bits per heavy atom. The van der Waals surface area contributed by atoms with Crippen LogP contribution in [0.15, 0.2) is 18.2 Å². The number of carbonyl (C=O) groups is 1. The fraction of sp³-hybridized carbons (Fsp3) is 0.385. The maximum atomic E-state index is 10.9. The Bertz CT molecular complexity index is 466. The number of halogens is 1. The smallest absolute Gasteiger partial charge is 0.305 e. The summed E-state index contributed by atoms with van der Waals surface area (Å²) in [6, 6.07) is 5.59. The molecule has 0 unspecified atom stereocenters. The second-order valence-corrected chi connectivity index (χ2v) is 4.79. The number of hydrogen-bond donors (Lipinski definition) is 2. The number of anilines is 1. The maximum Gasteiger partial charge on any atom is 0.305 e. The van der Waals surface area contributed by atoms with Crippen molar-refractivity contribution in [2.45, 2.75) is 19.8 Å². The average molecular weight is 301 g/mol. The lowest BCUT2D eigenvalue weighted by molar-refractivity contribution is -0.140. The third-order valence-electron chi connectivity index (χ3n) is 2.59. The van der Waals surface area contributed by atoms with E-state index in [1.807, 2.05) is 25.1 Å². The zero-order chi connectivity index (χ0) is 14.3. The third-order valence-corrected chi connectivity index (χ3v) is 3.24. The Morgan fingerprint density at radius 2 is 2.21 bits per heavy atom. The topological polar surface area (TPSA) is 50.4 Å². The summed E-state index contributed by atoms with van der Waals surface area (Å²) in [5, 5.41) is 7.30. The molecule has 0 heterocycles. The highest BCUT2D eigenvalue weighted by Crippen LogP contribution is 2.22. The van der Waals surface area contributed by atoms with Crippen molar-refractivity contribution in [1.29, 1.82) is 0 Å². The van der Waals surface area contributed by atoms with Crippen LogP contribution in [-0.4, -0.2) is 24.7 Å². The summed E-state index contributed by atoms with van der Waals surface area (Å²) in [5.41, 5.74) is 1.82. The summed E-state index contributed by atoms with van der Waals surface area (Å²) >= 11 is 11.2. The van der Waals surface area contributed by atoms with Crippen LogP contribution in [0, 0.1) is 6.92 Å². The molecule has 0 amide bonds. The van der Waals surface area contributed by atoms with E-state index in [4.69, 9.17) is 23.8 Å². The summed E-state index contributed by atoms with van der Waals surface area (Å²) in [4.78, 5) is 10.9. The van der Waals surface area contributed by atoms with Gasteiger partial charge in [0.2, 0.25) is 0 Å². The van der Waals surface area contributed by atoms with Gasteiger partial charge in [-0.25, -0.2) is 0 Å². The molecule has 2 N–H and O–H groups in total. The molecule has 4 nitrogen and oxygen atoms in total. The second kappa shape index (κ2) is 7.96. The lowest BCUT2D eigenvalue weighted by atomic mass is 10.2. The lowest BCUT2D eigenvalue weighted by Gasteiger charge is -2.12. The van der Waals surface area contributed by atoms with Crippen molar-refractivity contribution in [3.8, 4) is 0 Å². The minimum Gasteiger partial charge on any atom is -0.469 e. The molecule has 1 aromatic rings. The number of esters is 1. The third kappa shape index (κ3) is 5.44. The normalized spacial score (nSPS) is 9.84. The first-order valence-corrected chi connectivity index (χ1v) is 6.70. The van der Waals surface area contributed by atoms with Gasteiger partial charge < -0.3 is 15.4 Å². The Morgan fingerprint density at radius 1 is 1.47 bits per heavy atom. The minimum atomic E-state index is -0.216. The van der Waals surface area contributed by atoms with Gasteiger partial charge in [0, 0.05) is 23.7 Å². The van der Waals surface area contributed by atoms with Crippen molar-refractivity contribution in [3.63, 3.8) is 0 Å². The summed E-state index contributed by atoms with van der Waals surface area (Å²) in [6.07, 6.45) is 1.05. The molecule has 0 atom stereocenters. The quantitative estimate of drug-likeness (QED) is 0.497.